The molecule has 1 aromatic rings. The summed E-state index contributed by atoms with van der Waals surface area (Å²) in [6, 6.07) is 1.22. The zero-order chi connectivity index (χ0) is 11.5. The molecule has 2 rings (SSSR count). The minimum Gasteiger partial charge on any atom is -0.350 e. The Morgan fingerprint density at radius 1 is 1.44 bits per heavy atom. The van der Waals surface area contributed by atoms with Gasteiger partial charge in [-0.1, -0.05) is 0 Å². The summed E-state index contributed by atoms with van der Waals surface area (Å²) in [5, 5.41) is 2.00. The summed E-state index contributed by atoms with van der Waals surface area (Å²) in [5.41, 5.74) is 10.4. The van der Waals surface area contributed by atoms with E-state index in [0.717, 1.165) is 24.8 Å². The zero-order valence-corrected chi connectivity index (χ0v) is 9.47. The number of thiophene rings is 1. The predicted molar refractivity (Wildman–Crippen MR) is 60.9 cm³/mol. The molecule has 1 heterocycles. The van der Waals surface area contributed by atoms with Crippen LogP contribution in [0, 0.1) is 0 Å². The number of rotatable bonds is 1. The summed E-state index contributed by atoms with van der Waals surface area (Å²) in [4.78, 5) is 23.5. The van der Waals surface area contributed by atoms with Crippen LogP contribution in [-0.2, 0) is 11.2 Å². The number of hydrazine groups is 1. The van der Waals surface area contributed by atoms with Gasteiger partial charge in [0.15, 0.2) is 0 Å². The molecule has 1 aromatic heterocycles. The molecule has 0 saturated carbocycles. The lowest BCUT2D eigenvalue weighted by atomic mass is 9.87. The van der Waals surface area contributed by atoms with Crippen molar-refractivity contribution in [2.75, 3.05) is 0 Å². The van der Waals surface area contributed by atoms with Gasteiger partial charge in [-0.25, -0.2) is 10.2 Å². The third-order valence-corrected chi connectivity index (χ3v) is 3.67. The van der Waals surface area contributed by atoms with Crippen molar-refractivity contribution in [1.29, 1.82) is 0 Å². The van der Waals surface area contributed by atoms with Gasteiger partial charge in [0.1, 0.15) is 0 Å². The molecule has 16 heavy (non-hydrogen) atoms. The molecule has 1 aliphatic carbocycles. The number of aryl methyl sites for hydroxylation is 1. The van der Waals surface area contributed by atoms with Gasteiger partial charge >= 0.3 is 6.03 Å². The Balaban J connectivity index is 2.06. The number of carbonyl (C=O) groups is 2. The first-order valence-corrected chi connectivity index (χ1v) is 5.98. The minimum absolute atomic E-state index is 0.165. The lowest BCUT2D eigenvalue weighted by molar-refractivity contribution is -0.123. The van der Waals surface area contributed by atoms with Crippen LogP contribution in [0.2, 0.25) is 0 Å². The zero-order valence-electron chi connectivity index (χ0n) is 8.66. The van der Waals surface area contributed by atoms with Crippen molar-refractivity contribution < 1.29 is 9.59 Å². The maximum atomic E-state index is 11.8. The SMILES string of the molecule is NC(=O)NNC(=O)C1CCCc2sccc21. The van der Waals surface area contributed by atoms with Gasteiger partial charge in [-0.05, 0) is 36.3 Å². The number of nitrogens with one attached hydrogen (secondary N) is 2. The maximum absolute atomic E-state index is 11.8. The molecule has 0 aliphatic heterocycles. The Hall–Kier alpha value is -1.56. The largest absolute Gasteiger partial charge is 0.350 e. The van der Waals surface area contributed by atoms with Crippen molar-refractivity contribution >= 4 is 23.3 Å². The van der Waals surface area contributed by atoms with Crippen LogP contribution in [0.15, 0.2) is 11.4 Å². The fraction of sp³-hybridized carbons (Fsp3) is 0.400. The van der Waals surface area contributed by atoms with Gasteiger partial charge in [0.05, 0.1) is 5.92 Å². The first-order chi connectivity index (χ1) is 7.68. The molecule has 5 nitrogen and oxygen atoms in total. The molecule has 4 N–H and O–H groups in total. The monoisotopic (exact) mass is 239 g/mol. The number of hydrogen-bond donors (Lipinski definition) is 3. The number of carbonyl (C=O) groups excluding carboxylic acids is 2. The van der Waals surface area contributed by atoms with E-state index in [4.69, 9.17) is 5.73 Å². The van der Waals surface area contributed by atoms with Crippen LogP contribution in [0.4, 0.5) is 4.79 Å². The van der Waals surface area contributed by atoms with Crippen LogP contribution in [0.25, 0.3) is 0 Å². The van der Waals surface area contributed by atoms with E-state index in [1.165, 1.54) is 4.88 Å². The normalized spacial score (nSPS) is 18.6. The number of urea groups is 1. The summed E-state index contributed by atoms with van der Waals surface area (Å²) in [6.45, 7) is 0. The van der Waals surface area contributed by atoms with E-state index >= 15 is 0 Å². The summed E-state index contributed by atoms with van der Waals surface area (Å²) in [7, 11) is 0. The van der Waals surface area contributed by atoms with E-state index in [9.17, 15) is 9.59 Å². The number of hydrogen-bond acceptors (Lipinski definition) is 3. The van der Waals surface area contributed by atoms with Crippen molar-refractivity contribution in [2.24, 2.45) is 5.73 Å². The van der Waals surface area contributed by atoms with E-state index < -0.39 is 6.03 Å². The Kier molecular flexibility index (Phi) is 3.09. The molecule has 86 valence electrons. The molecular weight excluding hydrogens is 226 g/mol. The van der Waals surface area contributed by atoms with Gasteiger partial charge in [-0.2, -0.15) is 0 Å². The fourth-order valence-electron chi connectivity index (χ4n) is 1.97. The van der Waals surface area contributed by atoms with Gasteiger partial charge in [0, 0.05) is 4.88 Å². The van der Waals surface area contributed by atoms with Crippen molar-refractivity contribution in [3.8, 4) is 0 Å². The fourth-order valence-corrected chi connectivity index (χ4v) is 2.96. The average molecular weight is 239 g/mol. The third kappa shape index (κ3) is 2.16. The first kappa shape index (κ1) is 10.9. The minimum atomic E-state index is -0.755. The van der Waals surface area contributed by atoms with Crippen LogP contribution < -0.4 is 16.6 Å². The number of amides is 3. The highest BCUT2D eigenvalue weighted by molar-refractivity contribution is 7.10. The maximum Gasteiger partial charge on any atom is 0.330 e. The molecule has 0 bridgehead atoms. The molecule has 1 aliphatic rings. The number of nitrogens with two attached hydrogens (primary N) is 1. The number of primary amides is 1. The molecule has 0 radical (unpaired) electrons. The van der Waals surface area contributed by atoms with Crippen LogP contribution >= 0.6 is 11.3 Å². The van der Waals surface area contributed by atoms with Crippen LogP contribution in [0.3, 0.4) is 0 Å². The highest BCUT2D eigenvalue weighted by Gasteiger charge is 2.27. The van der Waals surface area contributed by atoms with Crippen LogP contribution in [0.1, 0.15) is 29.2 Å². The molecule has 0 fully saturated rings. The molecule has 6 heteroatoms. The van der Waals surface area contributed by atoms with Crippen molar-refractivity contribution in [3.05, 3.63) is 21.9 Å². The molecular formula is C10H13N3O2S. The Bertz CT molecular complexity index is 416. The summed E-state index contributed by atoms with van der Waals surface area (Å²) in [5.74, 6) is -0.361. The molecule has 0 spiro atoms. The predicted octanol–water partition coefficient (Wildman–Crippen LogP) is 0.867. The standard InChI is InChI=1S/C10H13N3O2S/c11-10(15)13-12-9(14)7-2-1-3-8-6(7)4-5-16-8/h4-5,7H,1-3H2,(H,12,14)(H3,11,13,15). The van der Waals surface area contributed by atoms with Gasteiger partial charge in [-0.3, -0.25) is 10.2 Å². The summed E-state index contributed by atoms with van der Waals surface area (Å²) < 4.78 is 0. The Morgan fingerprint density at radius 3 is 3.00 bits per heavy atom. The summed E-state index contributed by atoms with van der Waals surface area (Å²) in [6.07, 6.45) is 2.86. The quantitative estimate of drug-likeness (QED) is 0.635. The Labute approximate surface area is 97.0 Å². The Morgan fingerprint density at radius 2 is 2.25 bits per heavy atom. The van der Waals surface area contributed by atoms with Crippen molar-refractivity contribution in [2.45, 2.75) is 25.2 Å². The second-order valence-electron chi connectivity index (χ2n) is 3.72. The van der Waals surface area contributed by atoms with Crippen molar-refractivity contribution in [3.63, 3.8) is 0 Å². The lowest BCUT2D eigenvalue weighted by Crippen LogP contribution is -2.46. The number of fused-ring (bicyclic) bond motifs is 1. The average Bonchev–Trinajstić information content (AvgIpc) is 2.73. The molecule has 3 amide bonds. The smallest absolute Gasteiger partial charge is 0.330 e. The second kappa shape index (κ2) is 4.52. The first-order valence-electron chi connectivity index (χ1n) is 5.10. The highest BCUT2D eigenvalue weighted by Crippen LogP contribution is 2.34. The van der Waals surface area contributed by atoms with Gasteiger partial charge in [-0.15, -0.1) is 11.3 Å². The van der Waals surface area contributed by atoms with E-state index in [1.54, 1.807) is 11.3 Å². The summed E-state index contributed by atoms with van der Waals surface area (Å²) >= 11 is 1.68. The third-order valence-electron chi connectivity index (χ3n) is 2.68. The molecule has 1 unspecified atom stereocenters. The van der Waals surface area contributed by atoms with Gasteiger partial charge < -0.3 is 5.73 Å². The van der Waals surface area contributed by atoms with Gasteiger partial charge in [0.2, 0.25) is 5.91 Å². The van der Waals surface area contributed by atoms with E-state index in [0.29, 0.717) is 0 Å². The van der Waals surface area contributed by atoms with Crippen molar-refractivity contribution in [1.82, 2.24) is 10.9 Å². The van der Waals surface area contributed by atoms with Crippen LogP contribution in [0.5, 0.6) is 0 Å². The van der Waals surface area contributed by atoms with E-state index in [-0.39, 0.29) is 11.8 Å². The van der Waals surface area contributed by atoms with E-state index in [2.05, 4.69) is 10.9 Å². The topological polar surface area (TPSA) is 84.2 Å². The van der Waals surface area contributed by atoms with Gasteiger partial charge in [0.25, 0.3) is 0 Å². The van der Waals surface area contributed by atoms with Crippen LogP contribution in [-0.4, -0.2) is 11.9 Å². The molecule has 0 saturated heterocycles. The highest BCUT2D eigenvalue weighted by atomic mass is 32.1. The molecule has 1 atom stereocenters. The second-order valence-corrected chi connectivity index (χ2v) is 4.72. The lowest BCUT2D eigenvalue weighted by Gasteiger charge is -2.21. The van der Waals surface area contributed by atoms with E-state index in [1.807, 2.05) is 11.4 Å². The molecule has 0 aromatic carbocycles.